The topological polar surface area (TPSA) is 43.8 Å². The van der Waals surface area contributed by atoms with Crippen LogP contribution in [0.25, 0.3) is 0 Å². The molecule has 0 spiro atoms. The Morgan fingerprint density at radius 2 is 1.85 bits per heavy atom. The molecule has 110 valence electrons. The number of hydrogen-bond acceptors (Lipinski definition) is 2. The highest BCUT2D eigenvalue weighted by molar-refractivity contribution is 5.13. The van der Waals surface area contributed by atoms with Crippen LogP contribution in [0.5, 0.6) is 0 Å². The zero-order valence-corrected chi connectivity index (χ0v) is 12.5. The molecule has 4 bridgehead atoms. The van der Waals surface area contributed by atoms with Crippen molar-refractivity contribution >= 4 is 0 Å². The van der Waals surface area contributed by atoms with Gasteiger partial charge in [0, 0.05) is 24.4 Å². The van der Waals surface area contributed by atoms with Gasteiger partial charge in [-0.3, -0.25) is 0 Å². The molecule has 0 amide bonds. The summed E-state index contributed by atoms with van der Waals surface area (Å²) in [6, 6.07) is 0.495. The molecule has 4 fully saturated rings. The van der Waals surface area contributed by atoms with E-state index in [4.69, 9.17) is 10.7 Å². The highest BCUT2D eigenvalue weighted by Crippen LogP contribution is 2.59. The van der Waals surface area contributed by atoms with Gasteiger partial charge in [-0.15, -0.1) is 0 Å². The van der Waals surface area contributed by atoms with Gasteiger partial charge < -0.3 is 10.3 Å². The molecule has 0 aliphatic heterocycles. The SMILES string of the molecule is CC(CCN)n1ccnc1C1C2CC3CC(C2)CC1C3. The van der Waals surface area contributed by atoms with Crippen molar-refractivity contribution in [2.75, 3.05) is 6.54 Å². The number of nitrogens with two attached hydrogens (primary N) is 1. The Hall–Kier alpha value is -0.830. The van der Waals surface area contributed by atoms with Gasteiger partial charge >= 0.3 is 0 Å². The maximum atomic E-state index is 5.75. The van der Waals surface area contributed by atoms with Crippen molar-refractivity contribution in [3.8, 4) is 0 Å². The Bertz CT molecular complexity index is 450. The summed E-state index contributed by atoms with van der Waals surface area (Å²) in [7, 11) is 0. The van der Waals surface area contributed by atoms with E-state index in [-0.39, 0.29) is 0 Å². The van der Waals surface area contributed by atoms with Crippen molar-refractivity contribution in [1.82, 2.24) is 9.55 Å². The molecular weight excluding hydrogens is 246 g/mol. The summed E-state index contributed by atoms with van der Waals surface area (Å²) in [5.74, 6) is 6.02. The van der Waals surface area contributed by atoms with E-state index in [1.54, 1.807) is 0 Å². The number of aromatic nitrogens is 2. The third kappa shape index (κ3) is 1.93. The zero-order chi connectivity index (χ0) is 13.7. The highest BCUT2D eigenvalue weighted by atomic mass is 15.1. The molecule has 1 aromatic heterocycles. The van der Waals surface area contributed by atoms with Crippen LogP contribution in [0, 0.1) is 23.7 Å². The lowest BCUT2D eigenvalue weighted by molar-refractivity contribution is -0.00713. The summed E-state index contributed by atoms with van der Waals surface area (Å²) in [6.45, 7) is 3.05. The zero-order valence-electron chi connectivity index (χ0n) is 12.5. The molecule has 1 aromatic rings. The Kier molecular flexibility index (Phi) is 3.13. The van der Waals surface area contributed by atoms with E-state index in [2.05, 4.69) is 17.7 Å². The molecule has 1 heterocycles. The second-order valence-corrected chi connectivity index (χ2v) is 7.58. The first-order valence-corrected chi connectivity index (χ1v) is 8.49. The van der Waals surface area contributed by atoms with Gasteiger partial charge in [-0.05, 0) is 75.7 Å². The molecule has 3 nitrogen and oxygen atoms in total. The molecule has 20 heavy (non-hydrogen) atoms. The van der Waals surface area contributed by atoms with E-state index < -0.39 is 0 Å². The quantitative estimate of drug-likeness (QED) is 0.914. The van der Waals surface area contributed by atoms with E-state index >= 15 is 0 Å². The van der Waals surface area contributed by atoms with Crippen LogP contribution in [0.3, 0.4) is 0 Å². The second kappa shape index (κ2) is 4.87. The van der Waals surface area contributed by atoms with Crippen molar-refractivity contribution in [3.63, 3.8) is 0 Å². The van der Waals surface area contributed by atoms with Gasteiger partial charge in [0.15, 0.2) is 0 Å². The molecule has 0 aromatic carbocycles. The van der Waals surface area contributed by atoms with Crippen molar-refractivity contribution in [2.24, 2.45) is 29.4 Å². The first-order chi connectivity index (χ1) is 9.76. The maximum Gasteiger partial charge on any atom is 0.112 e. The fourth-order valence-electron chi connectivity index (χ4n) is 5.68. The predicted octanol–water partition coefficient (Wildman–Crippen LogP) is 3.33. The van der Waals surface area contributed by atoms with Gasteiger partial charge in [0.05, 0.1) is 0 Å². The average Bonchev–Trinajstić information content (AvgIpc) is 2.87. The van der Waals surface area contributed by atoms with Crippen LogP contribution < -0.4 is 5.73 Å². The first kappa shape index (κ1) is 12.9. The minimum Gasteiger partial charge on any atom is -0.332 e. The molecule has 2 N–H and O–H groups in total. The minimum absolute atomic E-state index is 0.495. The molecular formula is C17H27N3. The van der Waals surface area contributed by atoms with Gasteiger partial charge in [0.2, 0.25) is 0 Å². The van der Waals surface area contributed by atoms with Crippen molar-refractivity contribution in [1.29, 1.82) is 0 Å². The number of hydrogen-bond donors (Lipinski definition) is 1. The summed E-state index contributed by atoms with van der Waals surface area (Å²) in [5.41, 5.74) is 5.75. The van der Waals surface area contributed by atoms with E-state index in [1.165, 1.54) is 37.9 Å². The normalized spacial score (nSPS) is 40.2. The van der Waals surface area contributed by atoms with Crippen molar-refractivity contribution in [2.45, 2.75) is 57.4 Å². The van der Waals surface area contributed by atoms with Crippen LogP contribution in [0.15, 0.2) is 12.4 Å². The Labute approximate surface area is 122 Å². The molecule has 4 aliphatic rings. The van der Waals surface area contributed by atoms with Crippen LogP contribution in [0.4, 0.5) is 0 Å². The molecule has 0 saturated heterocycles. The number of rotatable bonds is 4. The predicted molar refractivity (Wildman–Crippen MR) is 80.4 cm³/mol. The van der Waals surface area contributed by atoms with Crippen LogP contribution in [0.1, 0.15) is 63.2 Å². The minimum atomic E-state index is 0.495. The summed E-state index contributed by atoms with van der Waals surface area (Å²) in [5, 5.41) is 0. The monoisotopic (exact) mass is 273 g/mol. The summed E-state index contributed by atoms with van der Waals surface area (Å²) in [4.78, 5) is 4.79. The van der Waals surface area contributed by atoms with Crippen LogP contribution >= 0.6 is 0 Å². The summed E-state index contributed by atoms with van der Waals surface area (Å²) >= 11 is 0. The second-order valence-electron chi connectivity index (χ2n) is 7.58. The van der Waals surface area contributed by atoms with Crippen LogP contribution in [-0.4, -0.2) is 16.1 Å². The summed E-state index contributed by atoms with van der Waals surface area (Å²) < 4.78 is 2.43. The first-order valence-electron chi connectivity index (χ1n) is 8.49. The maximum absolute atomic E-state index is 5.75. The third-order valence-electron chi connectivity index (χ3n) is 6.28. The van der Waals surface area contributed by atoms with E-state index in [9.17, 15) is 0 Å². The van der Waals surface area contributed by atoms with Crippen LogP contribution in [0.2, 0.25) is 0 Å². The number of imidazole rings is 1. The Balaban J connectivity index is 1.63. The fraction of sp³-hybridized carbons (Fsp3) is 0.824. The Morgan fingerprint density at radius 1 is 1.20 bits per heavy atom. The molecule has 5 rings (SSSR count). The lowest BCUT2D eigenvalue weighted by Crippen LogP contribution is -2.44. The molecule has 0 radical (unpaired) electrons. The van der Waals surface area contributed by atoms with E-state index in [0.29, 0.717) is 6.04 Å². The fourth-order valence-corrected chi connectivity index (χ4v) is 5.68. The van der Waals surface area contributed by atoms with E-state index in [1.807, 2.05) is 6.20 Å². The van der Waals surface area contributed by atoms with Crippen LogP contribution in [-0.2, 0) is 0 Å². The van der Waals surface area contributed by atoms with Gasteiger partial charge in [-0.2, -0.15) is 0 Å². The van der Waals surface area contributed by atoms with Gasteiger partial charge in [-0.25, -0.2) is 4.98 Å². The van der Waals surface area contributed by atoms with E-state index in [0.717, 1.165) is 42.6 Å². The molecule has 1 atom stereocenters. The van der Waals surface area contributed by atoms with Gasteiger partial charge in [0.1, 0.15) is 5.82 Å². The number of nitrogens with zero attached hydrogens (tertiary/aromatic N) is 2. The lowest BCUT2D eigenvalue weighted by atomic mass is 9.51. The summed E-state index contributed by atoms with van der Waals surface area (Å²) in [6.07, 6.45) is 12.6. The average molecular weight is 273 g/mol. The van der Waals surface area contributed by atoms with Gasteiger partial charge in [0.25, 0.3) is 0 Å². The smallest absolute Gasteiger partial charge is 0.112 e. The highest BCUT2D eigenvalue weighted by Gasteiger charge is 2.49. The third-order valence-corrected chi connectivity index (χ3v) is 6.28. The molecule has 4 saturated carbocycles. The lowest BCUT2D eigenvalue weighted by Gasteiger charge is -2.54. The molecule has 1 unspecified atom stereocenters. The van der Waals surface area contributed by atoms with Gasteiger partial charge in [-0.1, -0.05) is 0 Å². The van der Waals surface area contributed by atoms with Crippen molar-refractivity contribution in [3.05, 3.63) is 18.2 Å². The van der Waals surface area contributed by atoms with Crippen molar-refractivity contribution < 1.29 is 0 Å². The Morgan fingerprint density at radius 3 is 2.45 bits per heavy atom. The molecule has 4 aliphatic carbocycles. The molecule has 3 heteroatoms. The standard InChI is InChI=1S/C17H27N3/c1-11(2-3-18)20-5-4-19-17(20)16-14-7-12-6-13(9-14)10-15(16)8-12/h4-5,11-16H,2-3,6-10,18H2,1H3. The largest absolute Gasteiger partial charge is 0.332 e.